The monoisotopic (exact) mass is 496 g/mol. The lowest BCUT2D eigenvalue weighted by Gasteiger charge is -2.36. The van der Waals surface area contributed by atoms with Crippen molar-refractivity contribution in [1.29, 1.82) is 0 Å². The van der Waals surface area contributed by atoms with Gasteiger partial charge in [0.2, 0.25) is 0 Å². The van der Waals surface area contributed by atoms with Crippen LogP contribution in [-0.4, -0.2) is 56.7 Å². The molecule has 0 atom stereocenters. The highest BCUT2D eigenvalue weighted by Crippen LogP contribution is 2.40. The van der Waals surface area contributed by atoms with E-state index in [9.17, 15) is 4.79 Å². The molecule has 1 fully saturated rings. The van der Waals surface area contributed by atoms with Gasteiger partial charge in [0.1, 0.15) is 0 Å². The van der Waals surface area contributed by atoms with Gasteiger partial charge in [-0.05, 0) is 38.5 Å². The summed E-state index contributed by atoms with van der Waals surface area (Å²) in [5, 5.41) is 4.52. The molecule has 182 valence electrons. The van der Waals surface area contributed by atoms with Crippen LogP contribution in [0.5, 0.6) is 0 Å². The van der Waals surface area contributed by atoms with Gasteiger partial charge in [-0.2, -0.15) is 5.10 Å². The molecule has 2 aromatic carbocycles. The number of carbonyl (C=O) groups is 1. The molecule has 2 aliphatic heterocycles. The van der Waals surface area contributed by atoms with Crippen LogP contribution in [0.25, 0.3) is 17.2 Å². The second-order valence-corrected chi connectivity index (χ2v) is 10.5. The molecule has 36 heavy (non-hydrogen) atoms. The van der Waals surface area contributed by atoms with Crippen LogP contribution in [0.4, 0.5) is 5.69 Å². The molecule has 7 nitrogen and oxygen atoms in total. The van der Waals surface area contributed by atoms with Crippen LogP contribution in [0.15, 0.2) is 59.8 Å². The van der Waals surface area contributed by atoms with Gasteiger partial charge in [0, 0.05) is 59.8 Å². The van der Waals surface area contributed by atoms with Crippen LogP contribution in [0.2, 0.25) is 0 Å². The lowest BCUT2D eigenvalue weighted by molar-refractivity contribution is 0.0746. The molecular formula is C28H28N6OS. The zero-order chi connectivity index (χ0) is 24.8. The minimum absolute atomic E-state index is 0.0127. The standard InChI is InChI=1S/C28H28N6OS/c1-18-8-9-24(19(2)14-18)32-10-12-33(13-11-32)27(35)23-16-30-34(20(23)3)28-29-15-21-17-36-25-7-5-4-6-22(25)26(21)31-28/h4-9,14-16H,10-13,17H2,1-3H3. The fourth-order valence-corrected chi connectivity index (χ4v) is 6.10. The number of aromatic nitrogens is 4. The molecule has 0 saturated carbocycles. The van der Waals surface area contributed by atoms with E-state index in [1.54, 1.807) is 22.6 Å². The van der Waals surface area contributed by atoms with E-state index >= 15 is 0 Å². The second-order valence-electron chi connectivity index (χ2n) is 9.45. The third kappa shape index (κ3) is 3.95. The van der Waals surface area contributed by atoms with E-state index in [0.717, 1.165) is 41.4 Å². The Morgan fingerprint density at radius 2 is 1.78 bits per heavy atom. The van der Waals surface area contributed by atoms with E-state index in [4.69, 9.17) is 4.98 Å². The van der Waals surface area contributed by atoms with Crippen LogP contribution in [0.3, 0.4) is 0 Å². The van der Waals surface area contributed by atoms with Gasteiger partial charge < -0.3 is 9.80 Å². The Morgan fingerprint density at radius 3 is 2.58 bits per heavy atom. The average molecular weight is 497 g/mol. The quantitative estimate of drug-likeness (QED) is 0.405. The van der Waals surface area contributed by atoms with Crippen molar-refractivity contribution in [3.8, 4) is 17.2 Å². The predicted molar refractivity (Wildman–Crippen MR) is 143 cm³/mol. The number of amides is 1. The zero-order valence-electron chi connectivity index (χ0n) is 20.7. The molecule has 0 unspecified atom stereocenters. The fourth-order valence-electron chi connectivity index (χ4n) is 5.08. The Balaban J connectivity index is 1.21. The summed E-state index contributed by atoms with van der Waals surface area (Å²) >= 11 is 1.80. The number of benzene rings is 2. The van der Waals surface area contributed by atoms with Crippen LogP contribution >= 0.6 is 11.8 Å². The van der Waals surface area contributed by atoms with Gasteiger partial charge in [0.05, 0.1) is 23.1 Å². The number of aryl methyl sites for hydroxylation is 2. The molecule has 0 aliphatic carbocycles. The van der Waals surface area contributed by atoms with Crippen molar-refractivity contribution in [2.24, 2.45) is 0 Å². The summed E-state index contributed by atoms with van der Waals surface area (Å²) in [6.07, 6.45) is 3.54. The summed E-state index contributed by atoms with van der Waals surface area (Å²) in [4.78, 5) is 28.4. The maximum Gasteiger partial charge on any atom is 0.257 e. The number of hydrogen-bond donors (Lipinski definition) is 0. The minimum atomic E-state index is 0.0127. The van der Waals surface area contributed by atoms with Crippen molar-refractivity contribution in [3.63, 3.8) is 0 Å². The van der Waals surface area contributed by atoms with Gasteiger partial charge in [-0.3, -0.25) is 4.79 Å². The molecule has 2 aromatic heterocycles. The molecule has 4 aromatic rings. The number of fused-ring (bicyclic) bond motifs is 3. The predicted octanol–water partition coefficient (Wildman–Crippen LogP) is 4.82. The van der Waals surface area contributed by atoms with Gasteiger partial charge in [0.25, 0.3) is 11.9 Å². The molecule has 6 rings (SSSR count). The summed E-state index contributed by atoms with van der Waals surface area (Å²) in [7, 11) is 0. The van der Waals surface area contributed by atoms with Crippen molar-refractivity contribution >= 4 is 23.4 Å². The van der Waals surface area contributed by atoms with Crippen molar-refractivity contribution in [1.82, 2.24) is 24.6 Å². The zero-order valence-corrected chi connectivity index (χ0v) is 21.5. The Hall–Kier alpha value is -3.65. The van der Waals surface area contributed by atoms with E-state index in [-0.39, 0.29) is 5.91 Å². The number of carbonyl (C=O) groups excluding carboxylic acids is 1. The third-order valence-electron chi connectivity index (χ3n) is 7.07. The lowest BCUT2D eigenvalue weighted by atomic mass is 10.1. The maximum absolute atomic E-state index is 13.4. The van der Waals surface area contributed by atoms with Crippen LogP contribution < -0.4 is 4.90 Å². The first-order valence-corrected chi connectivity index (χ1v) is 13.2. The molecule has 0 N–H and O–H groups in total. The molecule has 1 amide bonds. The average Bonchev–Trinajstić information content (AvgIpc) is 3.29. The van der Waals surface area contributed by atoms with E-state index in [2.05, 4.69) is 65.2 Å². The van der Waals surface area contributed by atoms with E-state index in [1.807, 2.05) is 24.1 Å². The van der Waals surface area contributed by atoms with Gasteiger partial charge in [-0.1, -0.05) is 35.9 Å². The van der Waals surface area contributed by atoms with Crippen LogP contribution in [-0.2, 0) is 5.75 Å². The fraction of sp³-hybridized carbons (Fsp3) is 0.286. The van der Waals surface area contributed by atoms with Gasteiger partial charge >= 0.3 is 0 Å². The first-order valence-electron chi connectivity index (χ1n) is 12.2. The number of nitrogens with zero attached hydrogens (tertiary/aromatic N) is 6. The summed E-state index contributed by atoms with van der Waals surface area (Å²) in [5.74, 6) is 1.35. The Kier molecular flexibility index (Phi) is 5.76. The molecular weight excluding hydrogens is 468 g/mol. The molecule has 2 aliphatic rings. The maximum atomic E-state index is 13.4. The SMILES string of the molecule is Cc1ccc(N2CCN(C(=O)c3cnn(-c4ncc5c(n4)-c4ccccc4SC5)c3C)CC2)c(C)c1. The summed E-state index contributed by atoms with van der Waals surface area (Å²) in [5.41, 5.74) is 8.34. The first kappa shape index (κ1) is 22.8. The number of rotatable bonds is 3. The summed E-state index contributed by atoms with van der Waals surface area (Å²) in [6.45, 7) is 9.17. The topological polar surface area (TPSA) is 67.2 Å². The van der Waals surface area contributed by atoms with E-state index in [0.29, 0.717) is 24.6 Å². The molecule has 8 heteroatoms. The summed E-state index contributed by atoms with van der Waals surface area (Å²) in [6, 6.07) is 14.9. The summed E-state index contributed by atoms with van der Waals surface area (Å²) < 4.78 is 1.68. The molecule has 0 spiro atoms. The molecule has 1 saturated heterocycles. The molecule has 0 radical (unpaired) electrons. The smallest absolute Gasteiger partial charge is 0.257 e. The van der Waals surface area contributed by atoms with Gasteiger partial charge in [-0.15, -0.1) is 11.8 Å². The number of hydrogen-bond acceptors (Lipinski definition) is 6. The highest BCUT2D eigenvalue weighted by atomic mass is 32.2. The van der Waals surface area contributed by atoms with Crippen LogP contribution in [0, 0.1) is 20.8 Å². The third-order valence-corrected chi connectivity index (χ3v) is 8.19. The van der Waals surface area contributed by atoms with Crippen molar-refractivity contribution in [3.05, 3.63) is 82.8 Å². The van der Waals surface area contributed by atoms with E-state index in [1.165, 1.54) is 21.7 Å². The van der Waals surface area contributed by atoms with Crippen molar-refractivity contribution in [2.75, 3.05) is 31.1 Å². The highest BCUT2D eigenvalue weighted by Gasteiger charge is 2.27. The number of piperazine rings is 1. The Morgan fingerprint density at radius 1 is 0.972 bits per heavy atom. The molecule has 4 heterocycles. The Bertz CT molecular complexity index is 1470. The van der Waals surface area contributed by atoms with Crippen molar-refractivity contribution < 1.29 is 4.79 Å². The van der Waals surface area contributed by atoms with Gasteiger partial charge in [0.15, 0.2) is 0 Å². The van der Waals surface area contributed by atoms with Crippen molar-refractivity contribution in [2.45, 2.75) is 31.4 Å². The number of thioether (sulfide) groups is 1. The van der Waals surface area contributed by atoms with Gasteiger partial charge in [-0.25, -0.2) is 14.6 Å². The first-order chi connectivity index (χ1) is 17.5. The largest absolute Gasteiger partial charge is 0.368 e. The second kappa shape index (κ2) is 9.09. The normalized spacial score (nSPS) is 15.0. The Labute approximate surface area is 215 Å². The number of anilines is 1. The minimum Gasteiger partial charge on any atom is -0.368 e. The molecule has 0 bridgehead atoms. The highest BCUT2D eigenvalue weighted by molar-refractivity contribution is 7.98. The van der Waals surface area contributed by atoms with E-state index < -0.39 is 0 Å². The van der Waals surface area contributed by atoms with Crippen LogP contribution in [0.1, 0.15) is 32.7 Å². The lowest BCUT2D eigenvalue weighted by Crippen LogP contribution is -2.49.